The molecule has 27 heavy (non-hydrogen) atoms. The Balaban J connectivity index is 2.07. The Bertz CT molecular complexity index is 1100. The first-order valence-electron chi connectivity index (χ1n) is 8.07. The third kappa shape index (κ3) is 4.09. The Morgan fingerprint density at radius 3 is 2.74 bits per heavy atom. The van der Waals surface area contributed by atoms with Crippen molar-refractivity contribution >= 4 is 39.1 Å². The lowest BCUT2D eigenvalue weighted by Crippen LogP contribution is -2.23. The molecule has 3 rings (SSSR count). The molecular weight excluding hydrogens is 370 g/mol. The van der Waals surface area contributed by atoms with Gasteiger partial charge in [0.1, 0.15) is 6.54 Å². The number of nitrogens with zero attached hydrogens (tertiary/aromatic N) is 3. The number of esters is 1. The van der Waals surface area contributed by atoms with Gasteiger partial charge in [0, 0.05) is 17.7 Å². The molecule has 1 heterocycles. The van der Waals surface area contributed by atoms with E-state index in [4.69, 9.17) is 4.74 Å². The number of non-ortho nitro benzene ring substituents is 1. The number of ether oxygens (including phenoxy) is 1. The van der Waals surface area contributed by atoms with Gasteiger partial charge in [-0.2, -0.15) is 4.99 Å². The molecule has 3 aromatic rings. The minimum absolute atomic E-state index is 0.0844. The van der Waals surface area contributed by atoms with Crippen LogP contribution in [0.15, 0.2) is 53.5 Å². The van der Waals surface area contributed by atoms with E-state index in [0.29, 0.717) is 4.80 Å². The predicted octanol–water partition coefficient (Wildman–Crippen LogP) is 2.92. The summed E-state index contributed by atoms with van der Waals surface area (Å²) in [4.78, 5) is 39.2. The molecule has 0 radical (unpaired) electrons. The van der Waals surface area contributed by atoms with Gasteiger partial charge in [-0.15, -0.1) is 0 Å². The largest absolute Gasteiger partial charge is 0.465 e. The van der Waals surface area contributed by atoms with Crippen molar-refractivity contribution in [3.8, 4) is 0 Å². The number of hydrogen-bond donors (Lipinski definition) is 0. The molecule has 0 aliphatic carbocycles. The van der Waals surface area contributed by atoms with E-state index >= 15 is 0 Å². The van der Waals surface area contributed by atoms with Crippen LogP contribution in [-0.2, 0) is 16.1 Å². The Morgan fingerprint density at radius 1 is 1.22 bits per heavy atom. The lowest BCUT2D eigenvalue weighted by atomic mass is 10.2. The number of nitro groups is 1. The minimum Gasteiger partial charge on any atom is -0.465 e. The van der Waals surface area contributed by atoms with Crippen molar-refractivity contribution in [2.75, 3.05) is 6.61 Å². The lowest BCUT2D eigenvalue weighted by Gasteiger charge is -2.04. The lowest BCUT2D eigenvalue weighted by molar-refractivity contribution is -0.384. The summed E-state index contributed by atoms with van der Waals surface area (Å²) in [6.07, 6.45) is 0. The number of para-hydroxylation sites is 1. The van der Waals surface area contributed by atoms with Gasteiger partial charge >= 0.3 is 5.97 Å². The molecule has 0 aliphatic heterocycles. The maximum atomic E-state index is 12.5. The molecule has 0 bridgehead atoms. The zero-order chi connectivity index (χ0) is 19.4. The zero-order valence-electron chi connectivity index (χ0n) is 14.3. The van der Waals surface area contributed by atoms with Crippen molar-refractivity contribution in [2.24, 2.45) is 4.99 Å². The molecular formula is C18H15N3O5S. The predicted molar refractivity (Wildman–Crippen MR) is 99.4 cm³/mol. The number of aromatic nitrogens is 1. The highest BCUT2D eigenvalue weighted by atomic mass is 32.1. The van der Waals surface area contributed by atoms with E-state index in [1.54, 1.807) is 11.5 Å². The number of hydrogen-bond acceptors (Lipinski definition) is 6. The average molecular weight is 385 g/mol. The van der Waals surface area contributed by atoms with Gasteiger partial charge in [0.15, 0.2) is 4.80 Å². The van der Waals surface area contributed by atoms with Crippen LogP contribution in [0.2, 0.25) is 0 Å². The molecule has 0 atom stereocenters. The Kier molecular flexibility index (Phi) is 5.41. The second kappa shape index (κ2) is 7.92. The van der Waals surface area contributed by atoms with Gasteiger partial charge in [0.25, 0.3) is 11.6 Å². The molecule has 0 unspecified atom stereocenters. The van der Waals surface area contributed by atoms with E-state index in [9.17, 15) is 19.7 Å². The quantitative estimate of drug-likeness (QED) is 0.382. The molecule has 2 aromatic carbocycles. The zero-order valence-corrected chi connectivity index (χ0v) is 15.1. The molecule has 0 spiro atoms. The highest BCUT2D eigenvalue weighted by molar-refractivity contribution is 7.16. The Labute approximate surface area is 157 Å². The van der Waals surface area contributed by atoms with Crippen molar-refractivity contribution < 1.29 is 19.2 Å². The maximum absolute atomic E-state index is 12.5. The van der Waals surface area contributed by atoms with E-state index in [1.807, 2.05) is 24.3 Å². The number of benzene rings is 2. The normalized spacial score (nSPS) is 11.5. The van der Waals surface area contributed by atoms with Crippen molar-refractivity contribution in [3.05, 3.63) is 69.0 Å². The van der Waals surface area contributed by atoms with Gasteiger partial charge < -0.3 is 9.30 Å². The van der Waals surface area contributed by atoms with Crippen LogP contribution in [0.25, 0.3) is 10.2 Å². The Hall–Kier alpha value is -3.33. The number of rotatable bonds is 5. The minimum atomic E-state index is -0.622. The molecule has 1 aromatic heterocycles. The molecule has 0 saturated heterocycles. The highest BCUT2D eigenvalue weighted by Gasteiger charge is 2.14. The maximum Gasteiger partial charge on any atom is 0.326 e. The summed E-state index contributed by atoms with van der Waals surface area (Å²) in [5.41, 5.74) is 0.664. The SMILES string of the molecule is CCOC(=O)Cn1c(=NC(=O)c2cccc([N+](=O)[O-])c2)sc2ccccc21. The summed E-state index contributed by atoms with van der Waals surface area (Å²) in [7, 11) is 0. The first-order valence-corrected chi connectivity index (χ1v) is 8.88. The average Bonchev–Trinajstić information content (AvgIpc) is 2.99. The van der Waals surface area contributed by atoms with Crippen LogP contribution >= 0.6 is 11.3 Å². The fraction of sp³-hybridized carbons (Fsp3) is 0.167. The van der Waals surface area contributed by atoms with Gasteiger partial charge in [0.2, 0.25) is 0 Å². The number of nitro benzene ring substituents is 1. The summed E-state index contributed by atoms with van der Waals surface area (Å²) in [6.45, 7) is 1.88. The van der Waals surface area contributed by atoms with Crippen molar-refractivity contribution in [2.45, 2.75) is 13.5 Å². The van der Waals surface area contributed by atoms with Crippen LogP contribution in [0.5, 0.6) is 0 Å². The summed E-state index contributed by atoms with van der Waals surface area (Å²) in [5.74, 6) is -1.06. The molecule has 0 saturated carbocycles. The Morgan fingerprint density at radius 2 is 2.00 bits per heavy atom. The molecule has 9 heteroatoms. The number of thiazole rings is 1. The van der Waals surface area contributed by atoms with Gasteiger partial charge in [-0.3, -0.25) is 19.7 Å². The molecule has 0 fully saturated rings. The highest BCUT2D eigenvalue weighted by Crippen LogP contribution is 2.18. The molecule has 1 amide bonds. The molecule has 0 N–H and O–H groups in total. The first-order chi connectivity index (χ1) is 13.0. The number of carbonyl (C=O) groups is 2. The third-order valence-corrected chi connectivity index (χ3v) is 4.74. The fourth-order valence-corrected chi connectivity index (χ4v) is 3.53. The van der Waals surface area contributed by atoms with Gasteiger partial charge in [0.05, 0.1) is 21.7 Å². The summed E-state index contributed by atoms with van der Waals surface area (Å²) < 4.78 is 7.45. The van der Waals surface area contributed by atoms with Gasteiger partial charge in [-0.05, 0) is 25.1 Å². The van der Waals surface area contributed by atoms with Gasteiger partial charge in [-0.1, -0.05) is 29.5 Å². The molecule has 8 nitrogen and oxygen atoms in total. The summed E-state index contributed by atoms with van der Waals surface area (Å²) in [6, 6.07) is 12.7. The van der Waals surface area contributed by atoms with Crippen LogP contribution in [0.3, 0.4) is 0 Å². The van der Waals surface area contributed by atoms with E-state index in [2.05, 4.69) is 4.99 Å². The monoisotopic (exact) mass is 385 g/mol. The second-order valence-corrected chi connectivity index (χ2v) is 6.48. The van der Waals surface area contributed by atoms with Crippen molar-refractivity contribution in [1.29, 1.82) is 0 Å². The molecule has 138 valence electrons. The van der Waals surface area contributed by atoms with Crippen molar-refractivity contribution in [3.63, 3.8) is 0 Å². The van der Waals surface area contributed by atoms with Crippen LogP contribution in [0, 0.1) is 10.1 Å². The van der Waals surface area contributed by atoms with E-state index < -0.39 is 16.8 Å². The van der Waals surface area contributed by atoms with Gasteiger partial charge in [-0.25, -0.2) is 0 Å². The smallest absolute Gasteiger partial charge is 0.326 e. The summed E-state index contributed by atoms with van der Waals surface area (Å²) in [5, 5.41) is 10.9. The number of carbonyl (C=O) groups excluding carboxylic acids is 2. The van der Waals surface area contributed by atoms with E-state index in [0.717, 1.165) is 10.2 Å². The number of fused-ring (bicyclic) bond motifs is 1. The van der Waals surface area contributed by atoms with Crippen molar-refractivity contribution in [1.82, 2.24) is 4.57 Å². The number of amides is 1. The van der Waals surface area contributed by atoms with Crippen LogP contribution < -0.4 is 4.80 Å². The van der Waals surface area contributed by atoms with Crippen LogP contribution in [0.1, 0.15) is 17.3 Å². The molecule has 0 aliphatic rings. The fourth-order valence-electron chi connectivity index (χ4n) is 2.50. The van der Waals surface area contributed by atoms with E-state index in [-0.39, 0.29) is 24.4 Å². The summed E-state index contributed by atoms with van der Waals surface area (Å²) >= 11 is 1.25. The first kappa shape index (κ1) is 18.5. The van der Waals surface area contributed by atoms with E-state index in [1.165, 1.54) is 35.6 Å². The standard InChI is InChI=1S/C18H15N3O5S/c1-2-26-16(22)11-20-14-8-3-4-9-15(14)27-18(20)19-17(23)12-6-5-7-13(10-12)21(24)25/h3-10H,2,11H2,1H3. The van der Waals surface area contributed by atoms with Crippen LogP contribution in [-0.4, -0.2) is 28.0 Å². The topological polar surface area (TPSA) is 104 Å². The van der Waals surface area contributed by atoms with Crippen LogP contribution in [0.4, 0.5) is 5.69 Å². The third-order valence-electron chi connectivity index (χ3n) is 3.68. The second-order valence-electron chi connectivity index (χ2n) is 5.47.